The molecular formula is C21H35NO. The molecule has 4 aliphatic carbocycles. The summed E-state index contributed by atoms with van der Waals surface area (Å²) in [6.45, 7) is 6.89. The number of hydrogen-bond donors (Lipinski definition) is 1. The van der Waals surface area contributed by atoms with Crippen LogP contribution in [0.25, 0.3) is 0 Å². The Morgan fingerprint density at radius 2 is 1.78 bits per heavy atom. The van der Waals surface area contributed by atoms with E-state index >= 15 is 0 Å². The maximum Gasteiger partial charge on any atom is 0.217 e. The van der Waals surface area contributed by atoms with Gasteiger partial charge in [0.25, 0.3) is 0 Å². The van der Waals surface area contributed by atoms with Crippen LogP contribution in [0.2, 0.25) is 0 Å². The molecule has 2 unspecified atom stereocenters. The van der Waals surface area contributed by atoms with E-state index in [-0.39, 0.29) is 5.91 Å². The van der Waals surface area contributed by atoms with Crippen LogP contribution in [-0.4, -0.2) is 11.9 Å². The highest BCUT2D eigenvalue weighted by molar-refractivity contribution is 5.73. The van der Waals surface area contributed by atoms with E-state index in [9.17, 15) is 4.79 Å². The van der Waals surface area contributed by atoms with E-state index in [1.54, 1.807) is 6.92 Å². The van der Waals surface area contributed by atoms with Gasteiger partial charge in [0.1, 0.15) is 0 Å². The van der Waals surface area contributed by atoms with Gasteiger partial charge in [-0.15, -0.1) is 0 Å². The van der Waals surface area contributed by atoms with Gasteiger partial charge in [-0.3, -0.25) is 4.79 Å². The summed E-state index contributed by atoms with van der Waals surface area (Å²) in [5.41, 5.74) is 1.24. The first kappa shape index (κ1) is 16.0. The molecule has 0 aromatic rings. The highest BCUT2D eigenvalue weighted by Crippen LogP contribution is 2.66. The Kier molecular flexibility index (Phi) is 3.81. The largest absolute Gasteiger partial charge is 0.354 e. The lowest BCUT2D eigenvalue weighted by Crippen LogP contribution is -2.54. The fourth-order valence-electron chi connectivity index (χ4n) is 7.67. The molecule has 7 atom stereocenters. The zero-order valence-electron chi connectivity index (χ0n) is 15.4. The highest BCUT2D eigenvalue weighted by atomic mass is 16.1. The van der Waals surface area contributed by atoms with Crippen LogP contribution in [0, 0.1) is 34.5 Å². The predicted octanol–water partition coefficient (Wildman–Crippen LogP) is 4.92. The van der Waals surface area contributed by atoms with Crippen LogP contribution in [0.3, 0.4) is 0 Å². The van der Waals surface area contributed by atoms with E-state index in [2.05, 4.69) is 19.2 Å². The zero-order chi connectivity index (χ0) is 16.2. The summed E-state index contributed by atoms with van der Waals surface area (Å²) in [5.74, 6) is 4.00. The Balaban J connectivity index is 1.53. The van der Waals surface area contributed by atoms with Crippen molar-refractivity contribution in [2.45, 2.75) is 91.0 Å². The van der Waals surface area contributed by atoms with Gasteiger partial charge in [-0.25, -0.2) is 0 Å². The number of rotatable bonds is 1. The minimum absolute atomic E-state index is 0.159. The molecule has 0 radical (unpaired) electrons. The van der Waals surface area contributed by atoms with Gasteiger partial charge in [0.2, 0.25) is 5.91 Å². The molecule has 23 heavy (non-hydrogen) atoms. The van der Waals surface area contributed by atoms with E-state index in [1.165, 1.54) is 64.2 Å². The topological polar surface area (TPSA) is 29.1 Å². The van der Waals surface area contributed by atoms with E-state index < -0.39 is 0 Å². The first-order chi connectivity index (χ1) is 10.9. The highest BCUT2D eigenvalue weighted by Gasteiger charge is 2.57. The second-order valence-corrected chi connectivity index (χ2v) is 9.91. The van der Waals surface area contributed by atoms with Gasteiger partial charge in [0.15, 0.2) is 0 Å². The second kappa shape index (κ2) is 5.49. The molecule has 1 amide bonds. The van der Waals surface area contributed by atoms with Gasteiger partial charge in [0.05, 0.1) is 0 Å². The average molecular weight is 318 g/mol. The fraction of sp³-hybridized carbons (Fsp3) is 0.952. The molecule has 130 valence electrons. The van der Waals surface area contributed by atoms with Crippen LogP contribution in [-0.2, 0) is 4.79 Å². The molecule has 2 heteroatoms. The number of carbonyl (C=O) groups excluding carboxylic acids is 1. The molecule has 1 N–H and O–H groups in total. The van der Waals surface area contributed by atoms with Crippen molar-refractivity contribution in [3.8, 4) is 0 Å². The fourth-order valence-corrected chi connectivity index (χ4v) is 7.67. The van der Waals surface area contributed by atoms with Gasteiger partial charge < -0.3 is 5.32 Å². The molecule has 0 aromatic heterocycles. The first-order valence-electron chi connectivity index (χ1n) is 10.2. The molecule has 0 spiro atoms. The standard InChI is InChI=1S/C21H35NO/c1-14(23)22-16-8-12-21(3)15(13-16)6-7-17-18-5-4-10-20(18,2)11-9-19(17)21/h15-19H,4-13H2,1-3H3,(H,22,23)/t15?,16?,17-,18-,19+,20-,21-/m0/s1. The van der Waals surface area contributed by atoms with E-state index in [0.717, 1.165) is 23.7 Å². The maximum atomic E-state index is 11.4. The molecule has 4 fully saturated rings. The molecule has 0 aliphatic heterocycles. The lowest BCUT2D eigenvalue weighted by molar-refractivity contribution is -0.124. The number of nitrogens with one attached hydrogen (secondary N) is 1. The summed E-state index contributed by atoms with van der Waals surface area (Å²) in [5, 5.41) is 3.21. The summed E-state index contributed by atoms with van der Waals surface area (Å²) >= 11 is 0. The van der Waals surface area contributed by atoms with Crippen LogP contribution in [0.1, 0.15) is 85.0 Å². The Morgan fingerprint density at radius 3 is 2.57 bits per heavy atom. The van der Waals surface area contributed by atoms with Gasteiger partial charge in [0, 0.05) is 13.0 Å². The number of amides is 1. The van der Waals surface area contributed by atoms with Gasteiger partial charge >= 0.3 is 0 Å². The first-order valence-corrected chi connectivity index (χ1v) is 10.2. The molecule has 0 aromatic carbocycles. The summed E-state index contributed by atoms with van der Waals surface area (Å²) < 4.78 is 0. The monoisotopic (exact) mass is 317 g/mol. The average Bonchev–Trinajstić information content (AvgIpc) is 2.89. The maximum absolute atomic E-state index is 11.4. The molecule has 4 aliphatic rings. The summed E-state index contributed by atoms with van der Waals surface area (Å²) in [4.78, 5) is 11.4. The van der Waals surface area contributed by atoms with Crippen LogP contribution in [0.15, 0.2) is 0 Å². The van der Waals surface area contributed by atoms with Crippen molar-refractivity contribution >= 4 is 5.91 Å². The van der Waals surface area contributed by atoms with Crippen molar-refractivity contribution in [2.75, 3.05) is 0 Å². The molecule has 0 bridgehead atoms. The van der Waals surface area contributed by atoms with Crippen molar-refractivity contribution < 1.29 is 4.79 Å². The number of carbonyl (C=O) groups is 1. The Labute approximate surface area is 142 Å². The zero-order valence-corrected chi connectivity index (χ0v) is 15.4. The lowest BCUT2D eigenvalue weighted by Gasteiger charge is -2.60. The number of fused-ring (bicyclic) bond motifs is 5. The molecule has 4 saturated carbocycles. The van der Waals surface area contributed by atoms with E-state index in [0.29, 0.717) is 16.9 Å². The molecule has 0 saturated heterocycles. The summed E-state index contributed by atoms with van der Waals surface area (Å²) in [7, 11) is 0. The van der Waals surface area contributed by atoms with Crippen LogP contribution >= 0.6 is 0 Å². The third-order valence-electron chi connectivity index (χ3n) is 8.85. The normalized spacial score (nSPS) is 52.2. The van der Waals surface area contributed by atoms with Crippen molar-refractivity contribution in [1.29, 1.82) is 0 Å². The second-order valence-electron chi connectivity index (χ2n) is 9.91. The van der Waals surface area contributed by atoms with Crippen LogP contribution in [0.4, 0.5) is 0 Å². The Bertz CT molecular complexity index is 488. The van der Waals surface area contributed by atoms with Crippen molar-refractivity contribution in [3.05, 3.63) is 0 Å². The van der Waals surface area contributed by atoms with Gasteiger partial charge in [-0.2, -0.15) is 0 Å². The minimum atomic E-state index is 0.159. The van der Waals surface area contributed by atoms with Crippen molar-refractivity contribution in [2.24, 2.45) is 34.5 Å². The summed E-state index contributed by atoms with van der Waals surface area (Å²) in [6, 6.07) is 0.447. The molecule has 4 rings (SSSR count). The molecule has 2 nitrogen and oxygen atoms in total. The van der Waals surface area contributed by atoms with E-state index in [1.807, 2.05) is 0 Å². The summed E-state index contributed by atoms with van der Waals surface area (Å²) in [6.07, 6.45) is 14.1. The molecule has 0 heterocycles. The SMILES string of the molecule is CC(=O)NC1CC[C@@]2(C)C(CC[C@@H]3[C@H]2CC[C@]2(C)CCC[C@@H]32)C1. The van der Waals surface area contributed by atoms with Gasteiger partial charge in [-0.1, -0.05) is 20.3 Å². The number of hydrogen-bond acceptors (Lipinski definition) is 1. The Morgan fingerprint density at radius 1 is 0.957 bits per heavy atom. The van der Waals surface area contributed by atoms with Crippen LogP contribution in [0.5, 0.6) is 0 Å². The van der Waals surface area contributed by atoms with Crippen LogP contribution < -0.4 is 5.32 Å². The third kappa shape index (κ3) is 2.46. The Hall–Kier alpha value is -0.530. The lowest BCUT2D eigenvalue weighted by atomic mass is 9.45. The van der Waals surface area contributed by atoms with Crippen molar-refractivity contribution in [1.82, 2.24) is 5.32 Å². The van der Waals surface area contributed by atoms with Gasteiger partial charge in [-0.05, 0) is 92.3 Å². The smallest absolute Gasteiger partial charge is 0.217 e. The molecular weight excluding hydrogens is 282 g/mol. The minimum Gasteiger partial charge on any atom is -0.354 e. The van der Waals surface area contributed by atoms with E-state index in [4.69, 9.17) is 0 Å². The predicted molar refractivity (Wildman–Crippen MR) is 93.9 cm³/mol. The quantitative estimate of drug-likeness (QED) is 0.730. The van der Waals surface area contributed by atoms with Crippen molar-refractivity contribution in [3.63, 3.8) is 0 Å². The third-order valence-corrected chi connectivity index (χ3v) is 8.85.